The van der Waals surface area contributed by atoms with Gasteiger partial charge in [-0.2, -0.15) is 10.2 Å². The van der Waals surface area contributed by atoms with E-state index >= 15 is 0 Å². The Kier molecular flexibility index (Phi) is 5.63. The third kappa shape index (κ3) is 4.13. The van der Waals surface area contributed by atoms with E-state index in [1.54, 1.807) is 16.8 Å². The minimum Gasteiger partial charge on any atom is -0.361 e. The fourth-order valence-corrected chi connectivity index (χ4v) is 6.28. The molecule has 0 radical (unpaired) electrons. The van der Waals surface area contributed by atoms with Crippen molar-refractivity contribution in [3.63, 3.8) is 0 Å². The number of nitrogens with zero attached hydrogens (tertiary/aromatic N) is 6. The molecule has 8 nitrogen and oxygen atoms in total. The highest BCUT2D eigenvalue weighted by molar-refractivity contribution is 7.22. The van der Waals surface area contributed by atoms with Gasteiger partial charge in [-0.15, -0.1) is 11.3 Å². The topological polar surface area (TPSA) is 90.1 Å². The maximum Gasteiger partial charge on any atom is 0.270 e. The van der Waals surface area contributed by atoms with E-state index in [9.17, 15) is 10.1 Å². The zero-order chi connectivity index (χ0) is 23.9. The molecule has 6 rings (SSSR count). The smallest absolute Gasteiger partial charge is 0.270 e. The molecule has 0 amide bonds. The standard InChI is InChI=1S/C26H27N7OS/c1-31-8-10-32(11-9-31)23-14-17-13-20(6-7-22(17)35-23)29-26-28-16-19-12-18(15-27)25(34)33(24(19)30-26)21-4-2-3-5-21/h6-7,12-14,16,21H,2-5,8-11H2,1H3,(H,28,29,30). The largest absolute Gasteiger partial charge is 0.361 e. The van der Waals surface area contributed by atoms with Gasteiger partial charge in [0.25, 0.3) is 5.56 Å². The van der Waals surface area contributed by atoms with Gasteiger partial charge < -0.3 is 15.1 Å². The molecule has 35 heavy (non-hydrogen) atoms. The van der Waals surface area contributed by atoms with E-state index < -0.39 is 0 Å². The second-order valence-electron chi connectivity index (χ2n) is 9.51. The van der Waals surface area contributed by atoms with Crippen LogP contribution in [0.15, 0.2) is 41.3 Å². The van der Waals surface area contributed by atoms with Crippen molar-refractivity contribution in [3.05, 3.63) is 52.4 Å². The van der Waals surface area contributed by atoms with E-state index in [1.165, 1.54) is 15.1 Å². The molecule has 0 spiro atoms. The summed E-state index contributed by atoms with van der Waals surface area (Å²) < 4.78 is 2.97. The van der Waals surface area contributed by atoms with E-state index in [0.717, 1.165) is 57.5 Å². The lowest BCUT2D eigenvalue weighted by Gasteiger charge is -2.32. The van der Waals surface area contributed by atoms with Crippen molar-refractivity contribution in [3.8, 4) is 6.07 Å². The average molecular weight is 486 g/mol. The summed E-state index contributed by atoms with van der Waals surface area (Å²) in [7, 11) is 2.17. The molecule has 0 atom stereocenters. The van der Waals surface area contributed by atoms with Crippen LogP contribution in [0, 0.1) is 11.3 Å². The van der Waals surface area contributed by atoms with Gasteiger partial charge in [0.15, 0.2) is 0 Å². The minimum atomic E-state index is -0.257. The van der Waals surface area contributed by atoms with Gasteiger partial charge in [0, 0.05) is 54.2 Å². The van der Waals surface area contributed by atoms with Crippen LogP contribution in [0.4, 0.5) is 16.6 Å². The van der Waals surface area contributed by atoms with Crippen molar-refractivity contribution < 1.29 is 0 Å². The Labute approximate surface area is 207 Å². The summed E-state index contributed by atoms with van der Waals surface area (Å²) in [4.78, 5) is 27.1. The van der Waals surface area contributed by atoms with Crippen molar-refractivity contribution >= 4 is 49.1 Å². The Balaban J connectivity index is 1.32. The van der Waals surface area contributed by atoms with E-state index in [2.05, 4.69) is 45.3 Å². The molecule has 2 aliphatic rings. The highest BCUT2D eigenvalue weighted by Crippen LogP contribution is 2.35. The zero-order valence-electron chi connectivity index (χ0n) is 19.7. The van der Waals surface area contributed by atoms with E-state index in [-0.39, 0.29) is 17.2 Å². The van der Waals surface area contributed by atoms with E-state index in [0.29, 0.717) is 17.0 Å². The van der Waals surface area contributed by atoms with Crippen LogP contribution in [-0.2, 0) is 0 Å². The van der Waals surface area contributed by atoms with Crippen LogP contribution < -0.4 is 15.8 Å². The molecule has 1 aliphatic heterocycles. The Morgan fingerprint density at radius 3 is 2.66 bits per heavy atom. The van der Waals surface area contributed by atoms with Crippen molar-refractivity contribution in [1.29, 1.82) is 5.26 Å². The molecule has 1 N–H and O–H groups in total. The summed E-state index contributed by atoms with van der Waals surface area (Å²) in [6.45, 7) is 4.27. The van der Waals surface area contributed by atoms with E-state index in [1.807, 2.05) is 23.5 Å². The Morgan fingerprint density at radius 1 is 1.09 bits per heavy atom. The lowest BCUT2D eigenvalue weighted by Crippen LogP contribution is -2.44. The van der Waals surface area contributed by atoms with Crippen molar-refractivity contribution in [1.82, 2.24) is 19.4 Å². The number of pyridine rings is 1. The van der Waals surface area contributed by atoms with Crippen molar-refractivity contribution in [2.24, 2.45) is 0 Å². The summed E-state index contributed by atoms with van der Waals surface area (Å²) in [6, 6.07) is 12.3. The third-order valence-corrected chi connectivity index (χ3v) is 8.33. The van der Waals surface area contributed by atoms with Gasteiger partial charge in [0.2, 0.25) is 5.95 Å². The molecule has 1 aliphatic carbocycles. The van der Waals surface area contributed by atoms with Crippen molar-refractivity contribution in [2.45, 2.75) is 31.7 Å². The fraction of sp³-hybridized carbons (Fsp3) is 0.385. The maximum atomic E-state index is 13.0. The molecular weight excluding hydrogens is 458 g/mol. The monoisotopic (exact) mass is 485 g/mol. The molecule has 4 aromatic rings. The first-order valence-electron chi connectivity index (χ1n) is 12.2. The van der Waals surface area contributed by atoms with Gasteiger partial charge in [-0.05, 0) is 55.6 Å². The van der Waals surface area contributed by atoms with Gasteiger partial charge in [-0.25, -0.2) is 4.98 Å². The molecule has 0 unspecified atom stereocenters. The highest BCUT2D eigenvalue weighted by Gasteiger charge is 2.23. The molecule has 0 bridgehead atoms. The SMILES string of the molecule is CN1CCN(c2cc3cc(Nc4ncc5cc(C#N)c(=O)n(C6CCCC6)c5n4)ccc3s2)CC1. The molecule has 1 saturated heterocycles. The summed E-state index contributed by atoms with van der Waals surface area (Å²) in [5, 5.41) is 16.0. The molecule has 2 fully saturated rings. The number of anilines is 3. The zero-order valence-corrected chi connectivity index (χ0v) is 20.5. The second kappa shape index (κ2) is 8.95. The van der Waals surface area contributed by atoms with Gasteiger partial charge in [-0.1, -0.05) is 12.8 Å². The lowest BCUT2D eigenvalue weighted by molar-refractivity contribution is 0.313. The number of hydrogen-bond acceptors (Lipinski definition) is 8. The minimum absolute atomic E-state index is 0.0798. The second-order valence-corrected chi connectivity index (χ2v) is 10.6. The van der Waals surface area contributed by atoms with Crippen LogP contribution in [0.5, 0.6) is 0 Å². The molecule has 4 heterocycles. The van der Waals surface area contributed by atoms with Gasteiger partial charge >= 0.3 is 0 Å². The Hall–Kier alpha value is -3.48. The number of aromatic nitrogens is 3. The predicted octanol–water partition coefficient (Wildman–Crippen LogP) is 4.49. The molecule has 9 heteroatoms. The van der Waals surface area contributed by atoms with Crippen LogP contribution >= 0.6 is 11.3 Å². The summed E-state index contributed by atoms with van der Waals surface area (Å²) in [5.41, 5.74) is 1.39. The van der Waals surface area contributed by atoms with Gasteiger partial charge in [0.1, 0.15) is 17.3 Å². The highest BCUT2D eigenvalue weighted by atomic mass is 32.1. The first-order chi connectivity index (χ1) is 17.1. The number of piperazine rings is 1. The lowest BCUT2D eigenvalue weighted by atomic mass is 10.2. The predicted molar refractivity (Wildman–Crippen MR) is 141 cm³/mol. The van der Waals surface area contributed by atoms with Crippen LogP contribution in [0.3, 0.4) is 0 Å². The van der Waals surface area contributed by atoms with Gasteiger partial charge in [-0.3, -0.25) is 9.36 Å². The Morgan fingerprint density at radius 2 is 1.89 bits per heavy atom. The van der Waals surface area contributed by atoms with Crippen LogP contribution in [0.2, 0.25) is 0 Å². The number of hydrogen-bond donors (Lipinski definition) is 1. The fourth-order valence-electron chi connectivity index (χ4n) is 5.18. The van der Waals surface area contributed by atoms with Gasteiger partial charge in [0.05, 0.1) is 5.00 Å². The molecular formula is C26H27N7OS. The number of nitriles is 1. The summed E-state index contributed by atoms with van der Waals surface area (Å²) in [6.07, 6.45) is 5.73. The number of fused-ring (bicyclic) bond motifs is 2. The number of benzene rings is 1. The normalized spacial score (nSPS) is 17.3. The number of thiophene rings is 1. The summed E-state index contributed by atoms with van der Waals surface area (Å²) >= 11 is 1.83. The van der Waals surface area contributed by atoms with Crippen molar-refractivity contribution in [2.75, 3.05) is 43.4 Å². The number of rotatable bonds is 4. The first kappa shape index (κ1) is 22.0. The molecule has 1 saturated carbocycles. The molecule has 3 aromatic heterocycles. The van der Waals surface area contributed by atoms with E-state index in [4.69, 9.17) is 4.98 Å². The van der Waals surface area contributed by atoms with Crippen LogP contribution in [0.25, 0.3) is 21.1 Å². The molecule has 178 valence electrons. The van der Waals surface area contributed by atoms with Crippen LogP contribution in [-0.4, -0.2) is 52.7 Å². The third-order valence-electron chi connectivity index (χ3n) is 7.16. The maximum absolute atomic E-state index is 13.0. The Bertz CT molecular complexity index is 1500. The molecule has 1 aromatic carbocycles. The average Bonchev–Trinajstić information content (AvgIpc) is 3.54. The number of likely N-dealkylation sites (N-methyl/N-ethyl adjacent to an activating group) is 1. The first-order valence-corrected chi connectivity index (χ1v) is 13.0. The quantitative estimate of drug-likeness (QED) is 0.455. The summed E-state index contributed by atoms with van der Waals surface area (Å²) in [5.74, 6) is 0.447. The number of nitrogens with one attached hydrogen (secondary N) is 1. The van der Waals surface area contributed by atoms with Crippen LogP contribution in [0.1, 0.15) is 37.3 Å².